The third-order valence-electron chi connectivity index (χ3n) is 3.84. The SMILES string of the molecule is C[C@@H](CCc1cccn1C)NC(=O)NC[C@@H]1CCOC1. The molecule has 1 fully saturated rings. The number of rotatable bonds is 6. The Balaban J connectivity index is 1.62. The molecular weight excluding hydrogens is 254 g/mol. The van der Waals surface area contributed by atoms with Crippen LogP contribution in [0.2, 0.25) is 0 Å². The van der Waals surface area contributed by atoms with Crippen LogP contribution in [0.5, 0.6) is 0 Å². The van der Waals surface area contributed by atoms with E-state index in [4.69, 9.17) is 4.74 Å². The van der Waals surface area contributed by atoms with Crippen LogP contribution < -0.4 is 10.6 Å². The summed E-state index contributed by atoms with van der Waals surface area (Å²) in [5, 5.41) is 5.91. The van der Waals surface area contributed by atoms with Crippen LogP contribution in [0, 0.1) is 5.92 Å². The number of amides is 2. The van der Waals surface area contributed by atoms with E-state index in [9.17, 15) is 4.79 Å². The van der Waals surface area contributed by atoms with E-state index >= 15 is 0 Å². The summed E-state index contributed by atoms with van der Waals surface area (Å²) in [5.74, 6) is 0.472. The number of ether oxygens (including phenoxy) is 1. The lowest BCUT2D eigenvalue weighted by atomic mass is 10.1. The van der Waals surface area contributed by atoms with Gasteiger partial charge in [-0.3, -0.25) is 0 Å². The highest BCUT2D eigenvalue weighted by atomic mass is 16.5. The van der Waals surface area contributed by atoms with Crippen molar-refractivity contribution in [2.75, 3.05) is 19.8 Å². The van der Waals surface area contributed by atoms with Gasteiger partial charge in [0.15, 0.2) is 0 Å². The molecule has 0 aromatic carbocycles. The first-order chi connectivity index (χ1) is 9.65. The number of hydrogen-bond acceptors (Lipinski definition) is 2. The van der Waals surface area contributed by atoms with Gasteiger partial charge >= 0.3 is 6.03 Å². The lowest BCUT2D eigenvalue weighted by molar-refractivity contribution is 0.185. The van der Waals surface area contributed by atoms with Crippen molar-refractivity contribution >= 4 is 6.03 Å². The Morgan fingerprint density at radius 1 is 1.60 bits per heavy atom. The molecule has 1 aliphatic rings. The minimum Gasteiger partial charge on any atom is -0.381 e. The molecule has 5 heteroatoms. The summed E-state index contributed by atoms with van der Waals surface area (Å²) in [7, 11) is 2.05. The Bertz CT molecular complexity index is 425. The summed E-state index contributed by atoms with van der Waals surface area (Å²) in [6.45, 7) is 4.34. The molecule has 20 heavy (non-hydrogen) atoms. The van der Waals surface area contributed by atoms with Gasteiger partial charge < -0.3 is 19.9 Å². The Kier molecular flexibility index (Phi) is 5.47. The van der Waals surface area contributed by atoms with Crippen LogP contribution in [0.1, 0.15) is 25.5 Å². The quantitative estimate of drug-likeness (QED) is 0.832. The average molecular weight is 279 g/mol. The molecule has 1 aromatic heterocycles. The fraction of sp³-hybridized carbons (Fsp3) is 0.667. The molecule has 0 bridgehead atoms. The number of nitrogens with zero attached hydrogens (tertiary/aromatic N) is 1. The highest BCUT2D eigenvalue weighted by molar-refractivity contribution is 5.74. The third-order valence-corrected chi connectivity index (χ3v) is 3.84. The van der Waals surface area contributed by atoms with Crippen molar-refractivity contribution in [3.8, 4) is 0 Å². The first-order valence-corrected chi connectivity index (χ1v) is 7.37. The van der Waals surface area contributed by atoms with Gasteiger partial charge in [-0.25, -0.2) is 4.79 Å². The Hall–Kier alpha value is -1.49. The van der Waals surface area contributed by atoms with Gasteiger partial charge in [-0.15, -0.1) is 0 Å². The Labute approximate surface area is 120 Å². The van der Waals surface area contributed by atoms with Crippen LogP contribution in [0.15, 0.2) is 18.3 Å². The third kappa shape index (κ3) is 4.56. The maximum atomic E-state index is 11.8. The predicted molar refractivity (Wildman–Crippen MR) is 78.7 cm³/mol. The maximum Gasteiger partial charge on any atom is 0.315 e. The molecule has 2 atom stereocenters. The van der Waals surface area contributed by atoms with Gasteiger partial charge in [-0.05, 0) is 38.3 Å². The molecule has 1 aromatic rings. The number of carbonyl (C=O) groups excluding carboxylic acids is 1. The molecule has 2 heterocycles. The van der Waals surface area contributed by atoms with Crippen LogP contribution in [-0.2, 0) is 18.2 Å². The zero-order valence-corrected chi connectivity index (χ0v) is 12.4. The van der Waals surface area contributed by atoms with E-state index in [-0.39, 0.29) is 12.1 Å². The first-order valence-electron chi connectivity index (χ1n) is 7.37. The van der Waals surface area contributed by atoms with Crippen molar-refractivity contribution < 1.29 is 9.53 Å². The first kappa shape index (κ1) is 14.9. The van der Waals surface area contributed by atoms with E-state index in [0.29, 0.717) is 12.5 Å². The molecule has 2 rings (SSSR count). The van der Waals surface area contributed by atoms with E-state index in [2.05, 4.69) is 21.3 Å². The largest absolute Gasteiger partial charge is 0.381 e. The topological polar surface area (TPSA) is 55.3 Å². The number of nitrogens with one attached hydrogen (secondary N) is 2. The van der Waals surface area contributed by atoms with Gasteiger partial charge in [0.05, 0.1) is 6.61 Å². The fourth-order valence-corrected chi connectivity index (χ4v) is 2.45. The van der Waals surface area contributed by atoms with E-state index < -0.39 is 0 Å². The Morgan fingerprint density at radius 3 is 3.10 bits per heavy atom. The van der Waals surface area contributed by atoms with Crippen molar-refractivity contribution in [3.05, 3.63) is 24.0 Å². The van der Waals surface area contributed by atoms with Crippen LogP contribution in [0.3, 0.4) is 0 Å². The van der Waals surface area contributed by atoms with Crippen molar-refractivity contribution in [3.63, 3.8) is 0 Å². The summed E-state index contributed by atoms with van der Waals surface area (Å²) in [6.07, 6.45) is 5.01. The second-order valence-corrected chi connectivity index (χ2v) is 5.63. The van der Waals surface area contributed by atoms with Crippen LogP contribution in [0.25, 0.3) is 0 Å². The van der Waals surface area contributed by atoms with E-state index in [1.54, 1.807) is 0 Å². The summed E-state index contributed by atoms with van der Waals surface area (Å²) in [4.78, 5) is 11.8. The standard InChI is InChI=1S/C15H25N3O2/c1-12(5-6-14-4-3-8-18(14)2)17-15(19)16-10-13-7-9-20-11-13/h3-4,8,12-13H,5-7,9-11H2,1-2H3,(H2,16,17,19)/t12-,13-/m0/s1. The van der Waals surface area contributed by atoms with E-state index in [0.717, 1.165) is 32.5 Å². The fourth-order valence-electron chi connectivity index (χ4n) is 2.45. The number of aromatic nitrogens is 1. The summed E-state index contributed by atoms with van der Waals surface area (Å²) in [5.41, 5.74) is 1.29. The van der Waals surface area contributed by atoms with Crippen LogP contribution >= 0.6 is 0 Å². The van der Waals surface area contributed by atoms with Crippen molar-refractivity contribution in [1.82, 2.24) is 15.2 Å². The lowest BCUT2D eigenvalue weighted by Gasteiger charge is -2.16. The summed E-state index contributed by atoms with van der Waals surface area (Å²) < 4.78 is 7.41. The number of hydrogen-bond donors (Lipinski definition) is 2. The van der Waals surface area contributed by atoms with Crippen LogP contribution in [0.4, 0.5) is 4.79 Å². The smallest absolute Gasteiger partial charge is 0.315 e. The van der Waals surface area contributed by atoms with Crippen molar-refractivity contribution in [2.24, 2.45) is 13.0 Å². The molecule has 0 aliphatic carbocycles. The lowest BCUT2D eigenvalue weighted by Crippen LogP contribution is -2.42. The summed E-state index contributed by atoms with van der Waals surface area (Å²) >= 11 is 0. The zero-order chi connectivity index (χ0) is 14.4. The highest BCUT2D eigenvalue weighted by Crippen LogP contribution is 2.10. The molecule has 112 valence electrons. The molecular formula is C15H25N3O2. The monoisotopic (exact) mass is 279 g/mol. The van der Waals surface area contributed by atoms with Gasteiger partial charge in [-0.1, -0.05) is 0 Å². The molecule has 0 unspecified atom stereocenters. The molecule has 2 N–H and O–H groups in total. The number of aryl methyl sites for hydroxylation is 2. The molecule has 2 amide bonds. The second kappa shape index (κ2) is 7.33. The zero-order valence-electron chi connectivity index (χ0n) is 12.4. The highest BCUT2D eigenvalue weighted by Gasteiger charge is 2.16. The average Bonchev–Trinajstić information content (AvgIpc) is 3.05. The molecule has 0 saturated carbocycles. The van der Waals surface area contributed by atoms with Gasteiger partial charge in [0.2, 0.25) is 0 Å². The minimum absolute atomic E-state index is 0.0729. The molecule has 0 spiro atoms. The van der Waals surface area contributed by atoms with Gasteiger partial charge in [0.25, 0.3) is 0 Å². The van der Waals surface area contributed by atoms with E-state index in [1.807, 2.05) is 26.2 Å². The summed E-state index contributed by atoms with van der Waals surface area (Å²) in [6, 6.07) is 4.26. The molecule has 1 saturated heterocycles. The van der Waals surface area contributed by atoms with Gasteiger partial charge in [0.1, 0.15) is 0 Å². The van der Waals surface area contributed by atoms with Crippen molar-refractivity contribution in [2.45, 2.75) is 32.2 Å². The second-order valence-electron chi connectivity index (χ2n) is 5.63. The maximum absolute atomic E-state index is 11.8. The number of urea groups is 1. The minimum atomic E-state index is -0.0729. The predicted octanol–water partition coefficient (Wildman–Crippen LogP) is 1.68. The van der Waals surface area contributed by atoms with Crippen molar-refractivity contribution in [1.29, 1.82) is 0 Å². The van der Waals surface area contributed by atoms with Gasteiger partial charge in [0, 0.05) is 44.0 Å². The van der Waals surface area contributed by atoms with Crippen LogP contribution in [-0.4, -0.2) is 36.4 Å². The van der Waals surface area contributed by atoms with Gasteiger partial charge in [-0.2, -0.15) is 0 Å². The Morgan fingerprint density at radius 2 is 2.45 bits per heavy atom. The van der Waals surface area contributed by atoms with E-state index in [1.165, 1.54) is 5.69 Å². The molecule has 5 nitrogen and oxygen atoms in total. The molecule has 0 radical (unpaired) electrons. The number of carbonyl (C=O) groups is 1. The molecule has 1 aliphatic heterocycles. The normalized spacial score (nSPS) is 19.8.